The number of hydrogen-bond acceptors (Lipinski definition) is 5. The van der Waals surface area contributed by atoms with Gasteiger partial charge in [-0.15, -0.1) is 10.2 Å². The largest absolute Gasteiger partial charge is 0.353 e. The smallest absolute Gasteiger partial charge is 0.230 e. The maximum Gasteiger partial charge on any atom is 0.230 e. The molecular formula is C16H21N5OS. The second-order valence-electron chi connectivity index (χ2n) is 5.81. The minimum absolute atomic E-state index is 0.0395. The summed E-state index contributed by atoms with van der Waals surface area (Å²) < 4.78 is 2.15. The van der Waals surface area contributed by atoms with Crippen LogP contribution in [0, 0.1) is 0 Å². The van der Waals surface area contributed by atoms with Gasteiger partial charge in [-0.3, -0.25) is 14.3 Å². The minimum Gasteiger partial charge on any atom is -0.353 e. The highest BCUT2D eigenvalue weighted by atomic mass is 32.2. The number of aromatic nitrogens is 4. The number of hydrogen-bond donors (Lipinski definition) is 1. The molecule has 1 saturated carbocycles. The molecule has 0 spiro atoms. The molecule has 1 fully saturated rings. The third-order valence-corrected chi connectivity index (χ3v) is 4.79. The van der Waals surface area contributed by atoms with E-state index in [1.807, 2.05) is 19.1 Å². The van der Waals surface area contributed by atoms with Crippen LogP contribution in [-0.4, -0.2) is 37.5 Å². The molecule has 23 heavy (non-hydrogen) atoms. The first kappa shape index (κ1) is 16.0. The van der Waals surface area contributed by atoms with Gasteiger partial charge in [0.1, 0.15) is 0 Å². The fourth-order valence-corrected chi connectivity index (χ4v) is 3.09. The molecule has 0 radical (unpaired) electrons. The topological polar surface area (TPSA) is 72.7 Å². The molecule has 3 rings (SSSR count). The zero-order valence-electron chi connectivity index (χ0n) is 13.4. The van der Waals surface area contributed by atoms with E-state index in [2.05, 4.69) is 32.0 Å². The molecule has 0 aromatic carbocycles. The summed E-state index contributed by atoms with van der Waals surface area (Å²) >= 11 is 1.45. The van der Waals surface area contributed by atoms with Crippen molar-refractivity contribution in [1.82, 2.24) is 25.1 Å². The van der Waals surface area contributed by atoms with Gasteiger partial charge in [0.15, 0.2) is 11.0 Å². The molecule has 0 bridgehead atoms. The van der Waals surface area contributed by atoms with Gasteiger partial charge in [0.05, 0.1) is 5.75 Å². The summed E-state index contributed by atoms with van der Waals surface area (Å²) in [4.78, 5) is 16.1. The number of nitrogens with zero attached hydrogens (tertiary/aromatic N) is 4. The fraction of sp³-hybridized carbons (Fsp3) is 0.500. The van der Waals surface area contributed by atoms with Gasteiger partial charge in [-0.2, -0.15) is 0 Å². The van der Waals surface area contributed by atoms with E-state index < -0.39 is 0 Å². The van der Waals surface area contributed by atoms with Crippen LogP contribution >= 0.6 is 11.8 Å². The average Bonchev–Trinajstić information content (AvgIpc) is 3.33. The Morgan fingerprint density at radius 3 is 2.96 bits per heavy atom. The zero-order chi connectivity index (χ0) is 16.2. The number of rotatable bonds is 7. The lowest BCUT2D eigenvalue weighted by molar-refractivity contribution is -0.119. The lowest BCUT2D eigenvalue weighted by Gasteiger charge is -2.11. The third-order valence-electron chi connectivity index (χ3n) is 3.85. The second kappa shape index (κ2) is 7.12. The van der Waals surface area contributed by atoms with E-state index in [-0.39, 0.29) is 11.9 Å². The van der Waals surface area contributed by atoms with E-state index in [9.17, 15) is 4.79 Å². The normalized spacial score (nSPS) is 15.4. The Morgan fingerprint density at radius 2 is 2.30 bits per heavy atom. The number of amides is 1. The van der Waals surface area contributed by atoms with E-state index in [0.717, 1.165) is 35.8 Å². The summed E-state index contributed by atoms with van der Waals surface area (Å²) in [5, 5.41) is 12.4. The van der Waals surface area contributed by atoms with E-state index in [1.165, 1.54) is 11.8 Å². The van der Waals surface area contributed by atoms with Gasteiger partial charge in [-0.25, -0.2) is 0 Å². The van der Waals surface area contributed by atoms with Crippen molar-refractivity contribution >= 4 is 17.7 Å². The quantitative estimate of drug-likeness (QED) is 0.790. The van der Waals surface area contributed by atoms with Crippen LogP contribution in [-0.2, 0) is 4.79 Å². The standard InChI is InChI=1S/C16H21N5OS/c1-3-11(2)18-14(22)10-23-16-20-19-15(21(16)13-6-7-13)12-5-4-8-17-9-12/h4-5,8-9,11,13H,3,6-7,10H2,1-2H3,(H,18,22)/t11-/m1/s1. The Labute approximate surface area is 140 Å². The van der Waals surface area contributed by atoms with Gasteiger partial charge in [-0.05, 0) is 38.3 Å². The van der Waals surface area contributed by atoms with Gasteiger partial charge in [0.25, 0.3) is 0 Å². The molecule has 1 N–H and O–H groups in total. The number of thioether (sulfide) groups is 1. The third kappa shape index (κ3) is 3.90. The molecule has 0 aliphatic heterocycles. The van der Waals surface area contributed by atoms with Crippen LogP contribution in [0.1, 0.15) is 39.2 Å². The molecule has 1 aliphatic carbocycles. The molecule has 7 heteroatoms. The maximum atomic E-state index is 12.0. The Hall–Kier alpha value is -1.89. The van der Waals surface area contributed by atoms with Crippen LogP contribution in [0.15, 0.2) is 29.7 Å². The van der Waals surface area contributed by atoms with Gasteiger partial charge in [0, 0.05) is 30.0 Å². The molecule has 0 saturated heterocycles. The monoisotopic (exact) mass is 331 g/mol. The first-order valence-electron chi connectivity index (χ1n) is 7.96. The van der Waals surface area contributed by atoms with Crippen molar-refractivity contribution in [3.8, 4) is 11.4 Å². The van der Waals surface area contributed by atoms with Crippen LogP contribution in [0.5, 0.6) is 0 Å². The average molecular weight is 331 g/mol. The fourth-order valence-electron chi connectivity index (χ4n) is 2.28. The van der Waals surface area contributed by atoms with Crippen LogP contribution < -0.4 is 5.32 Å². The summed E-state index contributed by atoms with van der Waals surface area (Å²) in [6.45, 7) is 4.07. The molecule has 0 unspecified atom stereocenters. The van der Waals surface area contributed by atoms with Gasteiger partial charge in [0.2, 0.25) is 5.91 Å². The lowest BCUT2D eigenvalue weighted by Crippen LogP contribution is -2.33. The van der Waals surface area contributed by atoms with Gasteiger partial charge < -0.3 is 5.32 Å². The summed E-state index contributed by atoms with van der Waals surface area (Å²) in [7, 11) is 0. The van der Waals surface area contributed by atoms with Gasteiger partial charge >= 0.3 is 0 Å². The highest BCUT2D eigenvalue weighted by Gasteiger charge is 2.30. The molecule has 6 nitrogen and oxygen atoms in total. The zero-order valence-corrected chi connectivity index (χ0v) is 14.2. The van der Waals surface area contributed by atoms with Crippen molar-refractivity contribution in [2.45, 2.75) is 50.4 Å². The van der Waals surface area contributed by atoms with E-state index in [4.69, 9.17) is 0 Å². The highest BCUT2D eigenvalue weighted by molar-refractivity contribution is 7.99. The van der Waals surface area contributed by atoms with E-state index in [1.54, 1.807) is 12.4 Å². The second-order valence-corrected chi connectivity index (χ2v) is 6.76. The van der Waals surface area contributed by atoms with Crippen LogP contribution in [0.2, 0.25) is 0 Å². The maximum absolute atomic E-state index is 12.0. The number of carbonyl (C=O) groups is 1. The Morgan fingerprint density at radius 1 is 1.48 bits per heavy atom. The predicted octanol–water partition coefficient (Wildman–Crippen LogP) is 2.68. The van der Waals surface area contributed by atoms with E-state index in [0.29, 0.717) is 11.8 Å². The SMILES string of the molecule is CC[C@@H](C)NC(=O)CSc1nnc(-c2cccnc2)n1C1CC1. The van der Waals surface area contributed by atoms with Crippen LogP contribution in [0.25, 0.3) is 11.4 Å². The highest BCUT2D eigenvalue weighted by Crippen LogP contribution is 2.40. The summed E-state index contributed by atoms with van der Waals surface area (Å²) in [6.07, 6.45) is 6.75. The number of pyridine rings is 1. The number of nitrogens with one attached hydrogen (secondary N) is 1. The molecule has 2 heterocycles. The Kier molecular flexibility index (Phi) is 4.95. The molecule has 1 aliphatic rings. The Balaban J connectivity index is 1.73. The first-order chi connectivity index (χ1) is 11.2. The summed E-state index contributed by atoms with van der Waals surface area (Å²) in [6, 6.07) is 4.53. The molecular weight excluding hydrogens is 310 g/mol. The van der Waals surface area contributed by atoms with Crippen molar-refractivity contribution in [3.63, 3.8) is 0 Å². The molecule has 122 valence electrons. The molecule has 2 aromatic rings. The predicted molar refractivity (Wildman–Crippen MR) is 90.1 cm³/mol. The van der Waals surface area contributed by atoms with Crippen LogP contribution in [0.3, 0.4) is 0 Å². The van der Waals surface area contributed by atoms with Crippen molar-refractivity contribution in [2.24, 2.45) is 0 Å². The molecule has 1 atom stereocenters. The summed E-state index contributed by atoms with van der Waals surface area (Å²) in [5.74, 6) is 1.24. The van der Waals surface area contributed by atoms with Crippen molar-refractivity contribution in [1.29, 1.82) is 0 Å². The summed E-state index contributed by atoms with van der Waals surface area (Å²) in [5.41, 5.74) is 0.961. The van der Waals surface area contributed by atoms with Crippen molar-refractivity contribution < 1.29 is 4.79 Å². The molecule has 2 aromatic heterocycles. The first-order valence-corrected chi connectivity index (χ1v) is 8.95. The van der Waals surface area contributed by atoms with Crippen molar-refractivity contribution in [2.75, 3.05) is 5.75 Å². The molecule has 1 amide bonds. The van der Waals surface area contributed by atoms with E-state index >= 15 is 0 Å². The number of carbonyl (C=O) groups excluding carboxylic acids is 1. The minimum atomic E-state index is 0.0395. The lowest BCUT2D eigenvalue weighted by atomic mass is 10.3. The Bertz CT molecular complexity index is 668. The van der Waals surface area contributed by atoms with Crippen molar-refractivity contribution in [3.05, 3.63) is 24.5 Å². The van der Waals surface area contributed by atoms with Gasteiger partial charge in [-0.1, -0.05) is 18.7 Å². The van der Waals surface area contributed by atoms with Crippen LogP contribution in [0.4, 0.5) is 0 Å².